The summed E-state index contributed by atoms with van der Waals surface area (Å²) in [7, 11) is 0. The lowest BCUT2D eigenvalue weighted by Crippen LogP contribution is -2.54. The standard InChI is InChI=1S/C23H29N3O3S/c27-22(16-8-4-5-9-16)25-18-12-6-7-13-19(18)26-23(28)20-15-30-21(24-20)14-29-17-10-2-1-3-11-17/h1-3,10-11,15-16,18-19H,4-9,12-14H2,(H,25,27)(H,26,28)/t18-,19-/m1/s1. The average Bonchev–Trinajstić information content (AvgIpc) is 3.47. The number of nitrogens with zero attached hydrogens (tertiary/aromatic N) is 1. The van der Waals surface area contributed by atoms with Crippen molar-refractivity contribution in [3.8, 4) is 5.75 Å². The van der Waals surface area contributed by atoms with E-state index < -0.39 is 0 Å². The summed E-state index contributed by atoms with van der Waals surface area (Å²) in [5.41, 5.74) is 0.415. The third kappa shape index (κ3) is 5.39. The molecule has 1 aromatic carbocycles. The Bertz CT molecular complexity index is 848. The Morgan fingerprint density at radius 2 is 1.63 bits per heavy atom. The average molecular weight is 428 g/mol. The number of benzene rings is 1. The molecule has 2 amide bonds. The molecule has 7 heteroatoms. The van der Waals surface area contributed by atoms with Crippen molar-refractivity contribution in [1.29, 1.82) is 0 Å². The van der Waals surface area contributed by atoms with Crippen LogP contribution in [0.2, 0.25) is 0 Å². The first-order valence-electron chi connectivity index (χ1n) is 10.9. The van der Waals surface area contributed by atoms with Crippen LogP contribution < -0.4 is 15.4 Å². The molecule has 0 bridgehead atoms. The number of ether oxygens (including phenoxy) is 1. The molecule has 2 atom stereocenters. The Kier molecular flexibility index (Phi) is 7.00. The van der Waals surface area contributed by atoms with Crippen molar-refractivity contribution >= 4 is 23.2 Å². The first kappa shape index (κ1) is 20.8. The van der Waals surface area contributed by atoms with Gasteiger partial charge in [-0.15, -0.1) is 11.3 Å². The summed E-state index contributed by atoms with van der Waals surface area (Å²) in [4.78, 5) is 29.8. The predicted octanol–water partition coefficient (Wildman–Crippen LogP) is 4.07. The largest absolute Gasteiger partial charge is 0.486 e. The highest BCUT2D eigenvalue weighted by Gasteiger charge is 2.31. The van der Waals surface area contributed by atoms with Crippen molar-refractivity contribution in [2.75, 3.05) is 0 Å². The third-order valence-electron chi connectivity index (χ3n) is 6.03. The summed E-state index contributed by atoms with van der Waals surface area (Å²) in [6.45, 7) is 0.339. The monoisotopic (exact) mass is 427 g/mol. The smallest absolute Gasteiger partial charge is 0.271 e. The molecular formula is C23H29N3O3S. The minimum absolute atomic E-state index is 0.00956. The second-order valence-electron chi connectivity index (χ2n) is 8.19. The summed E-state index contributed by atoms with van der Waals surface area (Å²) in [5, 5.41) is 8.87. The molecule has 2 saturated carbocycles. The Morgan fingerprint density at radius 3 is 2.37 bits per heavy atom. The van der Waals surface area contributed by atoms with Crippen LogP contribution in [0, 0.1) is 5.92 Å². The molecule has 0 saturated heterocycles. The summed E-state index contributed by atoms with van der Waals surface area (Å²) >= 11 is 1.42. The lowest BCUT2D eigenvalue weighted by Gasteiger charge is -2.33. The number of para-hydroxylation sites is 1. The van der Waals surface area contributed by atoms with Crippen molar-refractivity contribution in [1.82, 2.24) is 15.6 Å². The lowest BCUT2D eigenvalue weighted by atomic mass is 9.89. The maximum atomic E-state index is 12.8. The van der Waals surface area contributed by atoms with Gasteiger partial charge in [0.25, 0.3) is 5.91 Å². The third-order valence-corrected chi connectivity index (χ3v) is 6.85. The van der Waals surface area contributed by atoms with Crippen molar-refractivity contribution < 1.29 is 14.3 Å². The molecule has 6 nitrogen and oxygen atoms in total. The van der Waals surface area contributed by atoms with E-state index in [9.17, 15) is 9.59 Å². The minimum atomic E-state index is -0.177. The van der Waals surface area contributed by atoms with Gasteiger partial charge in [-0.1, -0.05) is 43.9 Å². The molecule has 30 heavy (non-hydrogen) atoms. The van der Waals surface area contributed by atoms with Crippen molar-refractivity contribution in [3.63, 3.8) is 0 Å². The van der Waals surface area contributed by atoms with E-state index in [0.29, 0.717) is 12.3 Å². The second kappa shape index (κ2) is 10.1. The number of carbonyl (C=O) groups is 2. The maximum absolute atomic E-state index is 12.8. The van der Waals surface area contributed by atoms with Gasteiger partial charge >= 0.3 is 0 Å². The molecule has 4 rings (SSSR count). The number of thiazole rings is 1. The van der Waals surface area contributed by atoms with Crippen LogP contribution in [-0.4, -0.2) is 28.9 Å². The van der Waals surface area contributed by atoms with Gasteiger partial charge in [0.1, 0.15) is 23.1 Å². The summed E-state index contributed by atoms with van der Waals surface area (Å²) in [5.74, 6) is 0.910. The first-order chi connectivity index (χ1) is 14.7. The van der Waals surface area contributed by atoms with Gasteiger partial charge in [0.15, 0.2) is 0 Å². The predicted molar refractivity (Wildman–Crippen MR) is 116 cm³/mol. The molecule has 2 N–H and O–H groups in total. The summed E-state index contributed by atoms with van der Waals surface area (Å²) in [6.07, 6.45) is 8.20. The Balaban J connectivity index is 1.31. The highest BCUT2D eigenvalue weighted by atomic mass is 32.1. The van der Waals surface area contributed by atoms with E-state index in [1.54, 1.807) is 5.38 Å². The number of hydrogen-bond donors (Lipinski definition) is 2. The van der Waals surface area contributed by atoms with E-state index in [1.165, 1.54) is 11.3 Å². The second-order valence-corrected chi connectivity index (χ2v) is 9.13. The normalized spacial score (nSPS) is 21.9. The first-order valence-corrected chi connectivity index (χ1v) is 11.8. The van der Waals surface area contributed by atoms with Gasteiger partial charge in [-0.25, -0.2) is 4.98 Å². The van der Waals surface area contributed by atoms with Gasteiger partial charge in [-0.2, -0.15) is 0 Å². The number of amides is 2. The van der Waals surface area contributed by atoms with Crippen LogP contribution in [0.25, 0.3) is 0 Å². The number of carbonyl (C=O) groups excluding carboxylic acids is 2. The molecule has 2 aliphatic carbocycles. The van der Waals surface area contributed by atoms with E-state index in [2.05, 4.69) is 15.6 Å². The van der Waals surface area contributed by atoms with E-state index in [-0.39, 0.29) is 29.8 Å². The highest BCUT2D eigenvalue weighted by molar-refractivity contribution is 7.09. The van der Waals surface area contributed by atoms with Gasteiger partial charge < -0.3 is 15.4 Å². The molecule has 160 valence electrons. The maximum Gasteiger partial charge on any atom is 0.271 e. The zero-order valence-corrected chi connectivity index (χ0v) is 18.0. The molecule has 1 aromatic heterocycles. The SMILES string of the molecule is O=C(N[C@@H]1CCCC[C@H]1NC(=O)C1CCCC1)c1csc(COc2ccccc2)n1. The number of nitrogens with one attached hydrogen (secondary N) is 2. The quantitative estimate of drug-likeness (QED) is 0.698. The Morgan fingerprint density at radius 1 is 0.967 bits per heavy atom. The molecular weight excluding hydrogens is 398 g/mol. The van der Waals surface area contributed by atoms with E-state index in [4.69, 9.17) is 4.74 Å². The molecule has 2 aliphatic rings. The topological polar surface area (TPSA) is 80.3 Å². The van der Waals surface area contributed by atoms with E-state index in [0.717, 1.165) is 62.1 Å². The van der Waals surface area contributed by atoms with Gasteiger partial charge in [0.2, 0.25) is 5.91 Å². The van der Waals surface area contributed by atoms with Gasteiger partial charge in [-0.05, 0) is 37.8 Å². The molecule has 0 spiro atoms. The fourth-order valence-corrected chi connectivity index (χ4v) is 5.04. The number of hydrogen-bond acceptors (Lipinski definition) is 5. The van der Waals surface area contributed by atoms with Crippen molar-refractivity contribution in [2.24, 2.45) is 5.92 Å². The minimum Gasteiger partial charge on any atom is -0.486 e. The van der Waals surface area contributed by atoms with Crippen LogP contribution in [0.15, 0.2) is 35.7 Å². The van der Waals surface area contributed by atoms with Crippen molar-refractivity contribution in [2.45, 2.75) is 70.1 Å². The van der Waals surface area contributed by atoms with Crippen LogP contribution in [0.4, 0.5) is 0 Å². The Labute approximate surface area is 181 Å². The fourth-order valence-electron chi connectivity index (χ4n) is 4.35. The molecule has 0 aliphatic heterocycles. The molecule has 2 aromatic rings. The van der Waals surface area contributed by atoms with E-state index in [1.807, 2.05) is 30.3 Å². The van der Waals surface area contributed by atoms with Crippen molar-refractivity contribution in [3.05, 3.63) is 46.4 Å². The van der Waals surface area contributed by atoms with Gasteiger partial charge in [0.05, 0.1) is 0 Å². The van der Waals surface area contributed by atoms with Crippen LogP contribution in [0.3, 0.4) is 0 Å². The summed E-state index contributed by atoms with van der Waals surface area (Å²) in [6, 6.07) is 9.53. The van der Waals surface area contributed by atoms with Gasteiger partial charge in [0, 0.05) is 23.4 Å². The van der Waals surface area contributed by atoms with Gasteiger partial charge in [-0.3, -0.25) is 9.59 Å². The van der Waals surface area contributed by atoms with Crippen LogP contribution >= 0.6 is 11.3 Å². The van der Waals surface area contributed by atoms with Crippen LogP contribution in [-0.2, 0) is 11.4 Å². The van der Waals surface area contributed by atoms with Crippen LogP contribution in [0.1, 0.15) is 66.9 Å². The molecule has 2 fully saturated rings. The van der Waals surface area contributed by atoms with Crippen LogP contribution in [0.5, 0.6) is 5.75 Å². The highest BCUT2D eigenvalue weighted by Crippen LogP contribution is 2.26. The summed E-state index contributed by atoms with van der Waals surface area (Å²) < 4.78 is 5.71. The number of rotatable bonds is 7. The fraction of sp³-hybridized carbons (Fsp3) is 0.522. The zero-order chi connectivity index (χ0) is 20.8. The number of aromatic nitrogens is 1. The lowest BCUT2D eigenvalue weighted by molar-refractivity contribution is -0.125. The Hall–Kier alpha value is -2.41. The van der Waals surface area contributed by atoms with E-state index >= 15 is 0 Å². The molecule has 0 radical (unpaired) electrons. The molecule has 0 unspecified atom stereocenters. The zero-order valence-electron chi connectivity index (χ0n) is 17.1. The molecule has 1 heterocycles.